The Morgan fingerprint density at radius 1 is 1.16 bits per heavy atom. The number of anilines is 1. The number of halogens is 1. The molecule has 2 rings (SSSR count). The second kappa shape index (κ2) is 6.53. The summed E-state index contributed by atoms with van der Waals surface area (Å²) in [5.41, 5.74) is 2.10. The van der Waals surface area contributed by atoms with Gasteiger partial charge < -0.3 is 5.32 Å². The zero-order valence-electron chi connectivity index (χ0n) is 11.3. The Bertz CT molecular complexity index is 555. The van der Waals surface area contributed by atoms with E-state index in [-0.39, 0.29) is 0 Å². The predicted octanol–water partition coefficient (Wildman–Crippen LogP) is 3.72. The van der Waals surface area contributed by atoms with E-state index in [0.717, 1.165) is 40.9 Å². The van der Waals surface area contributed by atoms with Crippen LogP contribution in [-0.4, -0.2) is 16.5 Å². The van der Waals surface area contributed by atoms with Crippen LogP contribution in [0.3, 0.4) is 0 Å². The van der Waals surface area contributed by atoms with E-state index in [2.05, 4.69) is 29.1 Å². The highest BCUT2D eigenvalue weighted by Gasteiger charge is 2.06. The summed E-state index contributed by atoms with van der Waals surface area (Å²) >= 11 is 6.18. The van der Waals surface area contributed by atoms with Gasteiger partial charge in [0.2, 0.25) is 0 Å². The summed E-state index contributed by atoms with van der Waals surface area (Å²) in [5.74, 6) is 1.69. The number of nitrogens with zero attached hydrogens (tertiary/aromatic N) is 2. The van der Waals surface area contributed by atoms with Gasteiger partial charge in [-0.2, -0.15) is 0 Å². The van der Waals surface area contributed by atoms with Crippen molar-refractivity contribution in [2.24, 2.45) is 0 Å². The maximum absolute atomic E-state index is 6.18. The summed E-state index contributed by atoms with van der Waals surface area (Å²) < 4.78 is 0. The number of hydrogen-bond acceptors (Lipinski definition) is 3. The third kappa shape index (κ3) is 3.67. The zero-order valence-corrected chi connectivity index (χ0v) is 12.0. The van der Waals surface area contributed by atoms with Crippen LogP contribution < -0.4 is 5.32 Å². The lowest BCUT2D eigenvalue weighted by molar-refractivity contribution is 0.904. The summed E-state index contributed by atoms with van der Waals surface area (Å²) in [6.45, 7) is 5.00. The topological polar surface area (TPSA) is 37.8 Å². The minimum absolute atomic E-state index is 0.659. The van der Waals surface area contributed by atoms with Crippen LogP contribution >= 0.6 is 11.6 Å². The molecule has 1 aromatic heterocycles. The highest BCUT2D eigenvalue weighted by molar-refractivity contribution is 6.31. The summed E-state index contributed by atoms with van der Waals surface area (Å²) in [7, 11) is 0. The lowest BCUT2D eigenvalue weighted by atomic mass is 10.1. The third-order valence-corrected chi connectivity index (χ3v) is 3.22. The van der Waals surface area contributed by atoms with Gasteiger partial charge in [0.25, 0.3) is 0 Å². The molecule has 0 spiro atoms. The van der Waals surface area contributed by atoms with Crippen molar-refractivity contribution in [3.05, 3.63) is 52.4 Å². The molecule has 0 unspecified atom stereocenters. The minimum atomic E-state index is 0.659. The molecule has 1 aromatic carbocycles. The highest BCUT2D eigenvalue weighted by atomic mass is 35.5. The molecule has 0 bridgehead atoms. The van der Waals surface area contributed by atoms with Crippen molar-refractivity contribution >= 4 is 17.4 Å². The van der Waals surface area contributed by atoms with Crippen LogP contribution in [0.1, 0.15) is 30.9 Å². The Labute approximate surface area is 119 Å². The summed E-state index contributed by atoms with van der Waals surface area (Å²) in [4.78, 5) is 9.09. The molecular formula is C15H18ClN3. The Morgan fingerprint density at radius 3 is 2.63 bits per heavy atom. The first-order valence-corrected chi connectivity index (χ1v) is 6.94. The molecule has 1 N–H and O–H groups in total. The number of benzene rings is 1. The summed E-state index contributed by atoms with van der Waals surface area (Å²) in [6.07, 6.45) is 1.56. The zero-order chi connectivity index (χ0) is 13.7. The number of aromatic nitrogens is 2. The molecule has 3 nitrogen and oxygen atoms in total. The van der Waals surface area contributed by atoms with Crippen molar-refractivity contribution in [3.63, 3.8) is 0 Å². The second-order valence-corrected chi connectivity index (χ2v) is 4.72. The van der Waals surface area contributed by atoms with Crippen molar-refractivity contribution in [2.45, 2.75) is 26.7 Å². The van der Waals surface area contributed by atoms with Gasteiger partial charge in [0.15, 0.2) is 0 Å². The van der Waals surface area contributed by atoms with E-state index in [1.54, 1.807) is 0 Å². The molecule has 0 aliphatic rings. The Hall–Kier alpha value is -1.61. The fourth-order valence-corrected chi connectivity index (χ4v) is 2.10. The second-order valence-electron chi connectivity index (χ2n) is 4.31. The van der Waals surface area contributed by atoms with Gasteiger partial charge in [-0.05, 0) is 25.0 Å². The van der Waals surface area contributed by atoms with Crippen molar-refractivity contribution in [1.29, 1.82) is 0 Å². The van der Waals surface area contributed by atoms with E-state index in [4.69, 9.17) is 11.6 Å². The van der Waals surface area contributed by atoms with E-state index >= 15 is 0 Å². The quantitative estimate of drug-likeness (QED) is 0.904. The van der Waals surface area contributed by atoms with Gasteiger partial charge in [0.05, 0.1) is 0 Å². The molecule has 0 aliphatic carbocycles. The smallest absolute Gasteiger partial charge is 0.135 e. The average molecular weight is 276 g/mol. The fraction of sp³-hybridized carbons (Fsp3) is 0.333. The molecule has 0 saturated heterocycles. The van der Waals surface area contributed by atoms with Gasteiger partial charge in [-0.3, -0.25) is 0 Å². The van der Waals surface area contributed by atoms with Crippen molar-refractivity contribution < 1.29 is 0 Å². The van der Waals surface area contributed by atoms with Crippen molar-refractivity contribution in [2.75, 3.05) is 11.9 Å². The normalized spacial score (nSPS) is 10.5. The van der Waals surface area contributed by atoms with Crippen molar-refractivity contribution in [3.8, 4) is 0 Å². The fourth-order valence-electron chi connectivity index (χ4n) is 1.90. The molecule has 2 aromatic rings. The van der Waals surface area contributed by atoms with Crippen LogP contribution in [0.5, 0.6) is 0 Å². The highest BCUT2D eigenvalue weighted by Crippen LogP contribution is 2.18. The molecular weight excluding hydrogens is 258 g/mol. The monoisotopic (exact) mass is 275 g/mol. The molecule has 0 radical (unpaired) electrons. The predicted molar refractivity (Wildman–Crippen MR) is 79.8 cm³/mol. The molecule has 0 amide bonds. The van der Waals surface area contributed by atoms with Gasteiger partial charge in [-0.25, -0.2) is 9.97 Å². The van der Waals surface area contributed by atoms with Gasteiger partial charge in [0.1, 0.15) is 11.6 Å². The maximum atomic E-state index is 6.18. The van der Waals surface area contributed by atoms with E-state index in [1.165, 1.54) is 0 Å². The van der Waals surface area contributed by atoms with Gasteiger partial charge >= 0.3 is 0 Å². The first-order chi connectivity index (χ1) is 9.22. The van der Waals surface area contributed by atoms with E-state index in [9.17, 15) is 0 Å². The number of nitrogens with one attached hydrogen (secondary N) is 1. The van der Waals surface area contributed by atoms with E-state index in [1.807, 2.05) is 30.3 Å². The Kier molecular flexibility index (Phi) is 4.74. The first-order valence-electron chi connectivity index (χ1n) is 6.57. The molecule has 0 saturated carbocycles. The molecule has 4 heteroatoms. The van der Waals surface area contributed by atoms with E-state index in [0.29, 0.717) is 6.42 Å². The van der Waals surface area contributed by atoms with E-state index < -0.39 is 0 Å². The molecule has 1 heterocycles. The number of hydrogen-bond donors (Lipinski definition) is 1. The SMILES string of the molecule is CCNc1cc(CC)nc(Cc2ccccc2Cl)n1. The molecule has 19 heavy (non-hydrogen) atoms. The minimum Gasteiger partial charge on any atom is -0.370 e. The summed E-state index contributed by atoms with van der Waals surface area (Å²) in [5, 5.41) is 4.00. The van der Waals surface area contributed by atoms with Crippen LogP contribution in [0.15, 0.2) is 30.3 Å². The maximum Gasteiger partial charge on any atom is 0.135 e. The first kappa shape index (κ1) is 13.8. The van der Waals surface area contributed by atoms with Crippen molar-refractivity contribution in [1.82, 2.24) is 9.97 Å². The molecule has 100 valence electrons. The van der Waals surface area contributed by atoms with Crippen LogP contribution in [0, 0.1) is 0 Å². The van der Waals surface area contributed by atoms with Crippen LogP contribution in [0.25, 0.3) is 0 Å². The standard InChI is InChI=1S/C15H18ClN3/c1-3-12-10-14(17-4-2)19-15(18-12)9-11-7-5-6-8-13(11)16/h5-8,10H,3-4,9H2,1-2H3,(H,17,18,19). The summed E-state index contributed by atoms with van der Waals surface area (Å²) in [6, 6.07) is 9.82. The Morgan fingerprint density at radius 2 is 1.95 bits per heavy atom. The number of rotatable bonds is 5. The molecule has 0 aliphatic heterocycles. The Balaban J connectivity index is 2.29. The average Bonchev–Trinajstić information content (AvgIpc) is 2.41. The van der Waals surface area contributed by atoms with Crippen LogP contribution in [0.4, 0.5) is 5.82 Å². The lowest BCUT2D eigenvalue weighted by Gasteiger charge is -2.08. The van der Waals surface area contributed by atoms with Gasteiger partial charge in [-0.1, -0.05) is 36.7 Å². The largest absolute Gasteiger partial charge is 0.370 e. The van der Waals surface area contributed by atoms with Gasteiger partial charge in [-0.15, -0.1) is 0 Å². The lowest BCUT2D eigenvalue weighted by Crippen LogP contribution is -2.06. The van der Waals surface area contributed by atoms with Crippen LogP contribution in [0.2, 0.25) is 5.02 Å². The van der Waals surface area contributed by atoms with Crippen LogP contribution in [-0.2, 0) is 12.8 Å². The van der Waals surface area contributed by atoms with Gasteiger partial charge in [0, 0.05) is 29.7 Å². The molecule has 0 fully saturated rings. The molecule has 0 atom stereocenters. The number of aryl methyl sites for hydroxylation is 1. The third-order valence-electron chi connectivity index (χ3n) is 2.85.